The van der Waals surface area contributed by atoms with Gasteiger partial charge in [0.25, 0.3) is 0 Å². The standard InChI is InChI=1S/C22H38N2O4/c1-17(2)23(4)14-19(26)15-28-20-7-6-18(12-21(20)27-5)13-24-10-8-22(3,16-25)9-11-24/h6-7,12,17,19,25-26H,8-11,13-16H2,1-5H3/t19-/m0/s1. The summed E-state index contributed by atoms with van der Waals surface area (Å²) in [5, 5.41) is 19.7. The Balaban J connectivity index is 1.89. The van der Waals surface area contributed by atoms with Gasteiger partial charge in [0.1, 0.15) is 12.7 Å². The zero-order chi connectivity index (χ0) is 20.7. The molecule has 0 radical (unpaired) electrons. The lowest BCUT2D eigenvalue weighted by Crippen LogP contribution is -2.39. The van der Waals surface area contributed by atoms with E-state index in [0.29, 0.717) is 24.1 Å². The number of piperidine rings is 1. The highest BCUT2D eigenvalue weighted by Crippen LogP contribution is 2.32. The molecular weight excluding hydrogens is 356 g/mol. The number of benzene rings is 1. The monoisotopic (exact) mass is 394 g/mol. The average molecular weight is 395 g/mol. The van der Waals surface area contributed by atoms with Crippen molar-refractivity contribution in [2.45, 2.75) is 52.3 Å². The molecule has 6 nitrogen and oxygen atoms in total. The van der Waals surface area contributed by atoms with Gasteiger partial charge in [0.05, 0.1) is 7.11 Å². The second kappa shape index (κ2) is 10.4. The van der Waals surface area contributed by atoms with Crippen molar-refractivity contribution in [2.75, 3.05) is 47.0 Å². The Labute approximate surface area is 170 Å². The van der Waals surface area contributed by atoms with Gasteiger partial charge in [-0.25, -0.2) is 0 Å². The predicted octanol–water partition coefficient (Wildman–Crippen LogP) is 2.37. The van der Waals surface area contributed by atoms with Crippen LogP contribution in [0.15, 0.2) is 18.2 Å². The van der Waals surface area contributed by atoms with E-state index in [9.17, 15) is 10.2 Å². The highest BCUT2D eigenvalue weighted by Gasteiger charge is 2.29. The molecule has 2 rings (SSSR count). The van der Waals surface area contributed by atoms with Gasteiger partial charge < -0.3 is 24.6 Å². The smallest absolute Gasteiger partial charge is 0.161 e. The fraction of sp³-hybridized carbons (Fsp3) is 0.727. The zero-order valence-electron chi connectivity index (χ0n) is 18.1. The highest BCUT2D eigenvalue weighted by atomic mass is 16.5. The van der Waals surface area contributed by atoms with E-state index in [2.05, 4.69) is 36.6 Å². The minimum absolute atomic E-state index is 0.0658. The van der Waals surface area contributed by atoms with E-state index < -0.39 is 6.10 Å². The number of nitrogens with zero attached hydrogens (tertiary/aromatic N) is 2. The van der Waals surface area contributed by atoms with Crippen LogP contribution in [-0.4, -0.2) is 79.2 Å². The van der Waals surface area contributed by atoms with Gasteiger partial charge in [-0.2, -0.15) is 0 Å². The normalized spacial score (nSPS) is 18.5. The van der Waals surface area contributed by atoms with E-state index >= 15 is 0 Å². The van der Waals surface area contributed by atoms with Crippen LogP contribution < -0.4 is 9.47 Å². The summed E-state index contributed by atoms with van der Waals surface area (Å²) in [4.78, 5) is 4.51. The Kier molecular flexibility index (Phi) is 8.56. The molecule has 0 saturated carbocycles. The molecule has 1 aliphatic rings. The summed E-state index contributed by atoms with van der Waals surface area (Å²) in [5.41, 5.74) is 1.24. The third-order valence-corrected chi connectivity index (χ3v) is 5.89. The predicted molar refractivity (Wildman–Crippen MR) is 112 cm³/mol. The molecule has 0 spiro atoms. The number of aliphatic hydroxyl groups is 2. The highest BCUT2D eigenvalue weighted by molar-refractivity contribution is 5.43. The van der Waals surface area contributed by atoms with Gasteiger partial charge in [0.2, 0.25) is 0 Å². The summed E-state index contributed by atoms with van der Waals surface area (Å²) in [6.45, 7) is 10.3. The first-order valence-electron chi connectivity index (χ1n) is 10.3. The number of ether oxygens (including phenoxy) is 2. The van der Waals surface area contributed by atoms with Crippen LogP contribution in [0.3, 0.4) is 0 Å². The Hall–Kier alpha value is -1.34. The third-order valence-electron chi connectivity index (χ3n) is 5.89. The molecule has 1 atom stereocenters. The van der Waals surface area contributed by atoms with E-state index in [-0.39, 0.29) is 18.6 Å². The molecule has 1 fully saturated rings. The van der Waals surface area contributed by atoms with Gasteiger partial charge in [0, 0.05) is 25.7 Å². The molecule has 1 aromatic carbocycles. The molecule has 6 heteroatoms. The van der Waals surface area contributed by atoms with Crippen molar-refractivity contribution < 1.29 is 19.7 Å². The van der Waals surface area contributed by atoms with Crippen molar-refractivity contribution in [1.29, 1.82) is 0 Å². The minimum Gasteiger partial charge on any atom is -0.493 e. The molecule has 1 heterocycles. The van der Waals surface area contributed by atoms with Crippen LogP contribution in [-0.2, 0) is 6.54 Å². The van der Waals surface area contributed by atoms with E-state index in [1.807, 2.05) is 19.2 Å². The van der Waals surface area contributed by atoms with Crippen molar-refractivity contribution in [3.8, 4) is 11.5 Å². The fourth-order valence-electron chi connectivity index (χ4n) is 3.38. The number of methoxy groups -OCH3 is 1. The lowest BCUT2D eigenvalue weighted by atomic mass is 9.81. The first kappa shape index (κ1) is 22.9. The molecular formula is C22H38N2O4. The van der Waals surface area contributed by atoms with Crippen molar-refractivity contribution in [2.24, 2.45) is 5.41 Å². The van der Waals surface area contributed by atoms with Gasteiger partial charge in [-0.1, -0.05) is 13.0 Å². The van der Waals surface area contributed by atoms with Crippen molar-refractivity contribution in [3.05, 3.63) is 23.8 Å². The number of likely N-dealkylation sites (N-methyl/N-ethyl adjacent to an activating group) is 1. The van der Waals surface area contributed by atoms with Crippen molar-refractivity contribution in [3.63, 3.8) is 0 Å². The number of hydrogen-bond acceptors (Lipinski definition) is 6. The third kappa shape index (κ3) is 6.62. The van der Waals surface area contributed by atoms with Gasteiger partial charge in [-0.15, -0.1) is 0 Å². The molecule has 1 aliphatic heterocycles. The van der Waals surface area contributed by atoms with Crippen molar-refractivity contribution >= 4 is 0 Å². The largest absolute Gasteiger partial charge is 0.493 e. The summed E-state index contributed by atoms with van der Waals surface area (Å²) >= 11 is 0. The van der Waals surface area contributed by atoms with Gasteiger partial charge >= 0.3 is 0 Å². The first-order chi connectivity index (χ1) is 13.3. The minimum atomic E-state index is -0.550. The molecule has 0 aromatic heterocycles. The number of rotatable bonds is 10. The quantitative estimate of drug-likeness (QED) is 0.635. The molecule has 2 N–H and O–H groups in total. The molecule has 0 unspecified atom stereocenters. The van der Waals surface area contributed by atoms with E-state index in [0.717, 1.165) is 32.5 Å². The molecule has 160 valence electrons. The second-order valence-electron chi connectivity index (χ2n) is 8.73. The Morgan fingerprint density at radius 3 is 2.46 bits per heavy atom. The molecule has 1 aromatic rings. The average Bonchev–Trinajstić information content (AvgIpc) is 2.68. The summed E-state index contributed by atoms with van der Waals surface area (Å²) in [7, 11) is 3.63. The maximum absolute atomic E-state index is 10.2. The van der Waals surface area contributed by atoms with Crippen LogP contribution in [0.4, 0.5) is 0 Å². The molecule has 28 heavy (non-hydrogen) atoms. The maximum atomic E-state index is 10.2. The zero-order valence-corrected chi connectivity index (χ0v) is 18.1. The topological polar surface area (TPSA) is 65.4 Å². The summed E-state index contributed by atoms with van der Waals surface area (Å²) in [6, 6.07) is 6.38. The fourth-order valence-corrected chi connectivity index (χ4v) is 3.38. The number of likely N-dealkylation sites (tertiary alicyclic amines) is 1. The van der Waals surface area contributed by atoms with Crippen LogP contribution in [0.2, 0.25) is 0 Å². The van der Waals surface area contributed by atoms with Crippen LogP contribution in [0.25, 0.3) is 0 Å². The van der Waals surface area contributed by atoms with Crippen LogP contribution in [0, 0.1) is 5.41 Å². The van der Waals surface area contributed by atoms with E-state index in [1.54, 1.807) is 7.11 Å². The first-order valence-corrected chi connectivity index (χ1v) is 10.3. The van der Waals surface area contributed by atoms with E-state index in [1.165, 1.54) is 5.56 Å². The van der Waals surface area contributed by atoms with Gasteiger partial charge in [-0.3, -0.25) is 4.90 Å². The van der Waals surface area contributed by atoms with Crippen LogP contribution in [0.1, 0.15) is 39.2 Å². The van der Waals surface area contributed by atoms with Crippen LogP contribution >= 0.6 is 0 Å². The van der Waals surface area contributed by atoms with Crippen molar-refractivity contribution in [1.82, 2.24) is 9.80 Å². The van der Waals surface area contributed by atoms with Gasteiger partial charge in [0.15, 0.2) is 11.5 Å². The Morgan fingerprint density at radius 1 is 1.21 bits per heavy atom. The Bertz CT molecular complexity index is 600. The number of aliphatic hydroxyl groups excluding tert-OH is 2. The summed E-state index contributed by atoms with van der Waals surface area (Å²) < 4.78 is 11.3. The second-order valence-corrected chi connectivity index (χ2v) is 8.73. The SMILES string of the molecule is COc1cc(CN2CCC(C)(CO)CC2)ccc1OC[C@@H](O)CN(C)C(C)C. The maximum Gasteiger partial charge on any atom is 0.161 e. The van der Waals surface area contributed by atoms with Crippen LogP contribution in [0.5, 0.6) is 11.5 Å². The Morgan fingerprint density at radius 2 is 1.89 bits per heavy atom. The summed E-state index contributed by atoms with van der Waals surface area (Å²) in [6.07, 6.45) is 1.49. The lowest BCUT2D eigenvalue weighted by molar-refractivity contribution is 0.0556. The van der Waals surface area contributed by atoms with Gasteiger partial charge in [-0.05, 0) is 69.9 Å². The molecule has 1 saturated heterocycles. The summed E-state index contributed by atoms with van der Waals surface area (Å²) in [5.74, 6) is 1.35. The molecule has 0 bridgehead atoms. The number of hydrogen-bond donors (Lipinski definition) is 2. The van der Waals surface area contributed by atoms with E-state index in [4.69, 9.17) is 9.47 Å². The molecule has 0 amide bonds. The molecule has 0 aliphatic carbocycles. The lowest BCUT2D eigenvalue weighted by Gasteiger charge is -2.38.